The highest BCUT2D eigenvalue weighted by Gasteiger charge is 2.48. The Labute approximate surface area is 210 Å². The minimum absolute atomic E-state index is 0.107. The summed E-state index contributed by atoms with van der Waals surface area (Å²) in [5, 5.41) is 0. The van der Waals surface area contributed by atoms with Crippen LogP contribution in [0.25, 0.3) is 0 Å². The summed E-state index contributed by atoms with van der Waals surface area (Å²) in [4.78, 5) is 33.4. The number of hydrogen-bond donors (Lipinski definition) is 2. The predicted octanol–water partition coefficient (Wildman–Crippen LogP) is 5.95. The molecule has 0 saturated carbocycles. The van der Waals surface area contributed by atoms with E-state index in [2.05, 4.69) is 0 Å². The molecule has 0 saturated heterocycles. The van der Waals surface area contributed by atoms with E-state index < -0.39 is 40.9 Å². The van der Waals surface area contributed by atoms with Gasteiger partial charge in [-0.3, -0.25) is 9.36 Å². The van der Waals surface area contributed by atoms with E-state index in [1.807, 2.05) is 48.5 Å². The molecule has 0 heterocycles. The third kappa shape index (κ3) is 12.4. The van der Waals surface area contributed by atoms with E-state index in [-0.39, 0.29) is 16.4 Å². The molecule has 2 N–H and O–H groups in total. The lowest BCUT2D eigenvalue weighted by Crippen LogP contribution is -2.42. The first-order valence-corrected chi connectivity index (χ1v) is 14.2. The maximum atomic E-state index is 13.0. The Hall–Kier alpha value is -0.180. The Morgan fingerprint density at radius 1 is 1.06 bits per heavy atom. The van der Waals surface area contributed by atoms with Gasteiger partial charge >= 0.3 is 13.6 Å². The molecule has 0 aliphatic rings. The predicted molar refractivity (Wildman–Crippen MR) is 140 cm³/mol. The highest BCUT2D eigenvalue weighted by molar-refractivity contribution is 8.23. The molecule has 0 amide bonds. The highest BCUT2D eigenvalue weighted by Crippen LogP contribution is 2.56. The highest BCUT2D eigenvalue weighted by atomic mass is 32.2. The summed E-state index contributed by atoms with van der Waals surface area (Å²) in [6.45, 7) is 21.1. The third-order valence-corrected chi connectivity index (χ3v) is 8.96. The number of thioether (sulfide) groups is 1. The summed E-state index contributed by atoms with van der Waals surface area (Å²) in [5.74, 6) is -0.991. The zero-order valence-electron chi connectivity index (χ0n) is 22.2. The quantitative estimate of drug-likeness (QED) is 0.181. The van der Waals surface area contributed by atoms with Crippen LogP contribution in [0.15, 0.2) is 0 Å². The Bertz CT molecular complexity index is 708. The number of esters is 1. The average Bonchev–Trinajstić information content (AvgIpc) is 2.55. The van der Waals surface area contributed by atoms with Crippen LogP contribution in [0.2, 0.25) is 0 Å². The van der Waals surface area contributed by atoms with Gasteiger partial charge in [0.05, 0.1) is 30.4 Å². The van der Waals surface area contributed by atoms with Crippen LogP contribution in [0, 0.1) is 11.3 Å². The van der Waals surface area contributed by atoms with Crippen LogP contribution >= 0.6 is 31.6 Å². The van der Waals surface area contributed by atoms with Crippen LogP contribution in [-0.4, -0.2) is 55.0 Å². The van der Waals surface area contributed by atoms with E-state index in [0.29, 0.717) is 19.6 Å². The van der Waals surface area contributed by atoms with E-state index >= 15 is 0 Å². The van der Waals surface area contributed by atoms with E-state index in [0.717, 1.165) is 11.8 Å². The monoisotopic (exact) mass is 528 g/mol. The number of hydrogen-bond acceptors (Lipinski definition) is 7. The van der Waals surface area contributed by atoms with Crippen molar-refractivity contribution in [2.45, 2.75) is 111 Å². The third-order valence-electron chi connectivity index (χ3n) is 5.68. The molecule has 2 unspecified atom stereocenters. The molecular formula is C23H45O7PS2. The molecule has 0 radical (unpaired) electrons. The van der Waals surface area contributed by atoms with Crippen molar-refractivity contribution in [2.75, 3.05) is 13.2 Å². The maximum Gasteiger partial charge on any atom is 0.330 e. The van der Waals surface area contributed by atoms with E-state index in [1.165, 1.54) is 0 Å². The number of carbonyl (C=O) groups excluding carboxylic acids is 1. The molecule has 0 aliphatic heterocycles. The molecule has 0 rings (SSSR count). The van der Waals surface area contributed by atoms with Crippen LogP contribution in [0.4, 0.5) is 0 Å². The van der Waals surface area contributed by atoms with Gasteiger partial charge in [-0.05, 0) is 79.4 Å². The number of ether oxygens (including phenoxy) is 3. The van der Waals surface area contributed by atoms with Crippen LogP contribution in [0.1, 0.15) is 89.0 Å². The molecule has 0 aliphatic carbocycles. The zero-order chi connectivity index (χ0) is 26.5. The second-order valence-electron chi connectivity index (χ2n) is 11.3. The molecule has 196 valence electrons. The van der Waals surface area contributed by atoms with Crippen molar-refractivity contribution >= 4 is 41.9 Å². The molecule has 0 fully saturated rings. The van der Waals surface area contributed by atoms with Crippen molar-refractivity contribution in [3.05, 3.63) is 0 Å². The summed E-state index contributed by atoms with van der Waals surface area (Å²) in [7, 11) is -4.52. The van der Waals surface area contributed by atoms with Gasteiger partial charge in [-0.1, -0.05) is 32.5 Å². The van der Waals surface area contributed by atoms with Gasteiger partial charge in [0, 0.05) is 11.2 Å². The largest absolute Gasteiger partial charge is 0.479 e. The van der Waals surface area contributed by atoms with E-state index in [4.69, 9.17) is 26.4 Å². The molecule has 7 nitrogen and oxygen atoms in total. The molecule has 0 aromatic rings. The smallest absolute Gasteiger partial charge is 0.330 e. The minimum Gasteiger partial charge on any atom is -0.479 e. The van der Waals surface area contributed by atoms with Crippen LogP contribution in [0.3, 0.4) is 0 Å². The average molecular weight is 529 g/mol. The van der Waals surface area contributed by atoms with Crippen molar-refractivity contribution in [1.29, 1.82) is 0 Å². The summed E-state index contributed by atoms with van der Waals surface area (Å²) >= 11 is 6.33. The maximum absolute atomic E-state index is 13.0. The van der Waals surface area contributed by atoms with Gasteiger partial charge in [-0.15, -0.1) is 0 Å². The van der Waals surface area contributed by atoms with Gasteiger partial charge in [0.2, 0.25) is 4.38 Å². The SMILES string of the molecule is CCOC(=S)SC(C)(C)C(CC(C)(C)C(C)C(=O)OC(C)(C)CCOC(C)(C)C)P(=O)(O)O. The number of thiocarbonyl (C=S) groups is 1. The molecule has 0 aromatic carbocycles. The molecule has 10 heteroatoms. The molecular weight excluding hydrogens is 483 g/mol. The number of rotatable bonds is 12. The normalized spacial score (nSPS) is 15.7. The first kappa shape index (κ1) is 32.8. The fraction of sp³-hybridized carbons (Fsp3) is 0.913. The lowest BCUT2D eigenvalue weighted by Gasteiger charge is -2.41. The van der Waals surface area contributed by atoms with Gasteiger partial charge in [0.15, 0.2) is 0 Å². The van der Waals surface area contributed by atoms with Crippen LogP contribution < -0.4 is 0 Å². The molecule has 0 spiro atoms. The molecule has 2 atom stereocenters. The van der Waals surface area contributed by atoms with Crippen molar-refractivity contribution in [3.63, 3.8) is 0 Å². The van der Waals surface area contributed by atoms with Gasteiger partial charge in [-0.2, -0.15) is 0 Å². The van der Waals surface area contributed by atoms with Crippen LogP contribution in [-0.2, 0) is 23.6 Å². The Morgan fingerprint density at radius 2 is 1.58 bits per heavy atom. The standard InChI is InChI=1S/C23H45O7PS2/c1-12-28-19(32)33-23(10,11)17(31(25,26)27)15-21(6,7)16(2)18(24)30-22(8,9)13-14-29-20(3,4)5/h16-17H,12-15H2,1-11H3,(H2,25,26,27). The van der Waals surface area contributed by atoms with Crippen molar-refractivity contribution < 1.29 is 33.4 Å². The van der Waals surface area contributed by atoms with Crippen molar-refractivity contribution in [1.82, 2.24) is 0 Å². The number of carbonyl (C=O) groups is 1. The summed E-state index contributed by atoms with van der Waals surface area (Å²) in [5.41, 5.74) is -2.78. The lowest BCUT2D eigenvalue weighted by atomic mass is 9.75. The summed E-state index contributed by atoms with van der Waals surface area (Å²) < 4.78 is 28.7. The van der Waals surface area contributed by atoms with Crippen molar-refractivity contribution in [2.24, 2.45) is 11.3 Å². The first-order valence-electron chi connectivity index (χ1n) is 11.3. The molecule has 33 heavy (non-hydrogen) atoms. The molecule has 0 aromatic heterocycles. The fourth-order valence-electron chi connectivity index (χ4n) is 3.21. The van der Waals surface area contributed by atoms with Gasteiger partial charge in [-0.25, -0.2) is 0 Å². The van der Waals surface area contributed by atoms with Gasteiger partial charge in [0.1, 0.15) is 5.60 Å². The summed E-state index contributed by atoms with van der Waals surface area (Å²) in [6.07, 6.45) is 0.642. The molecule has 0 bridgehead atoms. The van der Waals surface area contributed by atoms with E-state index in [9.17, 15) is 19.1 Å². The Balaban J connectivity index is 5.46. The second kappa shape index (κ2) is 12.2. The van der Waals surface area contributed by atoms with Gasteiger partial charge in [0.25, 0.3) is 0 Å². The minimum atomic E-state index is -4.52. The van der Waals surface area contributed by atoms with E-state index in [1.54, 1.807) is 27.7 Å². The first-order chi connectivity index (χ1) is 14.5. The topological polar surface area (TPSA) is 102 Å². The zero-order valence-corrected chi connectivity index (χ0v) is 24.7. The Kier molecular flexibility index (Phi) is 12.1. The summed E-state index contributed by atoms with van der Waals surface area (Å²) in [6, 6.07) is 0. The van der Waals surface area contributed by atoms with Crippen LogP contribution in [0.5, 0.6) is 0 Å². The second-order valence-corrected chi connectivity index (χ2v) is 15.4. The van der Waals surface area contributed by atoms with Crippen molar-refractivity contribution in [3.8, 4) is 0 Å². The Morgan fingerprint density at radius 3 is 2.00 bits per heavy atom. The fourth-order valence-corrected chi connectivity index (χ4v) is 6.89. The van der Waals surface area contributed by atoms with Gasteiger partial charge < -0.3 is 24.0 Å². The lowest BCUT2D eigenvalue weighted by molar-refractivity contribution is -0.167.